The number of fused-ring (bicyclic) bond motifs is 1. The van der Waals surface area contributed by atoms with Crippen LogP contribution in [0.25, 0.3) is 11.1 Å². The molecule has 0 saturated heterocycles. The molecule has 1 aromatic heterocycles. The van der Waals surface area contributed by atoms with Crippen molar-refractivity contribution in [2.45, 2.75) is 32.9 Å². The lowest BCUT2D eigenvalue weighted by molar-refractivity contribution is 0.223. The number of aromatic nitrogens is 1. The van der Waals surface area contributed by atoms with E-state index in [2.05, 4.69) is 30.8 Å². The normalized spacial score (nSPS) is 13.4. The summed E-state index contributed by atoms with van der Waals surface area (Å²) in [5.41, 5.74) is 8.06. The molecule has 0 radical (unpaired) electrons. The maximum absolute atomic E-state index is 5.71. The van der Waals surface area contributed by atoms with Crippen molar-refractivity contribution >= 4 is 16.8 Å². The van der Waals surface area contributed by atoms with Crippen LogP contribution in [0.15, 0.2) is 22.6 Å². The second-order valence-electron chi connectivity index (χ2n) is 4.51. The van der Waals surface area contributed by atoms with E-state index >= 15 is 0 Å². The van der Waals surface area contributed by atoms with E-state index in [-0.39, 0.29) is 0 Å². The number of benzene rings is 1. The van der Waals surface area contributed by atoms with Crippen molar-refractivity contribution in [3.05, 3.63) is 24.1 Å². The fourth-order valence-electron chi connectivity index (χ4n) is 1.74. The molecule has 0 saturated carbocycles. The maximum Gasteiger partial charge on any atom is 0.209 e. The van der Waals surface area contributed by atoms with Crippen molar-refractivity contribution in [1.29, 1.82) is 0 Å². The van der Waals surface area contributed by atoms with Crippen LogP contribution < -0.4 is 5.73 Å². The molecule has 0 bridgehead atoms. The Morgan fingerprint density at radius 2 is 2.24 bits per heavy atom. The van der Waals surface area contributed by atoms with Crippen molar-refractivity contribution in [3.8, 4) is 0 Å². The Balaban J connectivity index is 2.19. The van der Waals surface area contributed by atoms with Gasteiger partial charge in [-0.3, -0.25) is 4.90 Å². The molecule has 0 fully saturated rings. The van der Waals surface area contributed by atoms with Gasteiger partial charge in [0.15, 0.2) is 5.58 Å². The number of hydrogen-bond donors (Lipinski definition) is 1. The molecule has 0 amide bonds. The number of nitrogens with two attached hydrogens (primary N) is 1. The summed E-state index contributed by atoms with van der Waals surface area (Å²) in [6.07, 6.45) is 1.11. The van der Waals surface area contributed by atoms with Crippen LogP contribution >= 0.6 is 0 Å². The summed E-state index contributed by atoms with van der Waals surface area (Å²) in [7, 11) is 2.08. The molecule has 92 valence electrons. The second kappa shape index (κ2) is 4.75. The van der Waals surface area contributed by atoms with Gasteiger partial charge < -0.3 is 10.2 Å². The van der Waals surface area contributed by atoms with E-state index in [1.54, 1.807) is 0 Å². The van der Waals surface area contributed by atoms with Crippen LogP contribution in [0.2, 0.25) is 0 Å². The first-order chi connectivity index (χ1) is 8.10. The topological polar surface area (TPSA) is 55.3 Å². The van der Waals surface area contributed by atoms with Crippen LogP contribution in [0, 0.1) is 0 Å². The third-order valence-electron chi connectivity index (χ3n) is 3.18. The number of hydrogen-bond acceptors (Lipinski definition) is 4. The van der Waals surface area contributed by atoms with Gasteiger partial charge in [-0.1, -0.05) is 6.92 Å². The molecule has 2 rings (SSSR count). The van der Waals surface area contributed by atoms with Gasteiger partial charge in [0.25, 0.3) is 0 Å². The standard InChI is InChI=1S/C13H19N3O/c1-4-9(2)16(3)8-13-15-11-7-10(14)5-6-12(11)17-13/h5-7,9H,4,8,14H2,1-3H3. The molecule has 0 aliphatic rings. The predicted octanol–water partition coefficient (Wildman–Crippen LogP) is 2.64. The summed E-state index contributed by atoms with van der Waals surface area (Å²) < 4.78 is 5.68. The van der Waals surface area contributed by atoms with E-state index in [4.69, 9.17) is 10.2 Å². The first kappa shape index (κ1) is 11.9. The van der Waals surface area contributed by atoms with Gasteiger partial charge in [0.2, 0.25) is 5.89 Å². The van der Waals surface area contributed by atoms with Crippen molar-refractivity contribution in [3.63, 3.8) is 0 Å². The van der Waals surface area contributed by atoms with Gasteiger partial charge in [-0.2, -0.15) is 0 Å². The number of nitrogens with zero attached hydrogens (tertiary/aromatic N) is 2. The lowest BCUT2D eigenvalue weighted by Gasteiger charge is -2.21. The minimum absolute atomic E-state index is 0.523. The molecule has 17 heavy (non-hydrogen) atoms. The Bertz CT molecular complexity index is 506. The third-order valence-corrected chi connectivity index (χ3v) is 3.18. The Labute approximate surface area is 101 Å². The first-order valence-electron chi connectivity index (χ1n) is 5.95. The van der Waals surface area contributed by atoms with Crippen molar-refractivity contribution < 1.29 is 4.42 Å². The predicted molar refractivity (Wildman–Crippen MR) is 69.6 cm³/mol. The highest BCUT2D eigenvalue weighted by Crippen LogP contribution is 2.19. The summed E-state index contributed by atoms with van der Waals surface area (Å²) in [5, 5.41) is 0. The van der Waals surface area contributed by atoms with Crippen LogP contribution in [-0.2, 0) is 6.54 Å². The van der Waals surface area contributed by atoms with E-state index < -0.39 is 0 Å². The highest BCUT2D eigenvalue weighted by Gasteiger charge is 2.12. The maximum atomic E-state index is 5.71. The van der Waals surface area contributed by atoms with Crippen LogP contribution in [0.3, 0.4) is 0 Å². The van der Waals surface area contributed by atoms with Crippen LogP contribution in [0.1, 0.15) is 26.2 Å². The zero-order valence-corrected chi connectivity index (χ0v) is 10.6. The van der Waals surface area contributed by atoms with Gasteiger partial charge in [-0.05, 0) is 38.6 Å². The fraction of sp³-hybridized carbons (Fsp3) is 0.462. The van der Waals surface area contributed by atoms with E-state index in [9.17, 15) is 0 Å². The van der Waals surface area contributed by atoms with Gasteiger partial charge in [0, 0.05) is 11.7 Å². The fourth-order valence-corrected chi connectivity index (χ4v) is 1.74. The number of rotatable bonds is 4. The molecule has 1 heterocycles. The average Bonchev–Trinajstić information content (AvgIpc) is 2.69. The summed E-state index contributed by atoms with van der Waals surface area (Å²) in [4.78, 5) is 6.67. The Hall–Kier alpha value is -1.55. The van der Waals surface area contributed by atoms with Gasteiger partial charge >= 0.3 is 0 Å². The number of nitrogen functional groups attached to an aromatic ring is 1. The molecule has 4 heteroatoms. The molecule has 0 aliphatic heterocycles. The molecular weight excluding hydrogens is 214 g/mol. The third kappa shape index (κ3) is 2.58. The highest BCUT2D eigenvalue weighted by atomic mass is 16.3. The van der Waals surface area contributed by atoms with E-state index in [1.165, 1.54) is 0 Å². The molecule has 0 aliphatic carbocycles. The van der Waals surface area contributed by atoms with E-state index in [0.29, 0.717) is 11.7 Å². The number of oxazole rings is 1. The molecule has 1 atom stereocenters. The quantitative estimate of drug-likeness (QED) is 0.825. The molecule has 1 unspecified atom stereocenters. The molecule has 0 spiro atoms. The number of anilines is 1. The molecule has 2 aromatic rings. The molecule has 1 aromatic carbocycles. The zero-order chi connectivity index (χ0) is 12.4. The average molecular weight is 233 g/mol. The van der Waals surface area contributed by atoms with Crippen LogP contribution in [0.5, 0.6) is 0 Å². The second-order valence-corrected chi connectivity index (χ2v) is 4.51. The van der Waals surface area contributed by atoms with Crippen LogP contribution in [0.4, 0.5) is 5.69 Å². The molecule has 2 N–H and O–H groups in total. The van der Waals surface area contributed by atoms with E-state index in [1.807, 2.05) is 18.2 Å². The highest BCUT2D eigenvalue weighted by molar-refractivity contribution is 5.76. The SMILES string of the molecule is CCC(C)N(C)Cc1nc2cc(N)ccc2o1. The van der Waals surface area contributed by atoms with Gasteiger partial charge in [0.1, 0.15) is 5.52 Å². The van der Waals surface area contributed by atoms with Crippen LogP contribution in [-0.4, -0.2) is 23.0 Å². The monoisotopic (exact) mass is 233 g/mol. The van der Waals surface area contributed by atoms with E-state index in [0.717, 1.165) is 30.0 Å². The van der Waals surface area contributed by atoms with Crippen molar-refractivity contribution in [2.24, 2.45) is 0 Å². The molecule has 4 nitrogen and oxygen atoms in total. The largest absolute Gasteiger partial charge is 0.439 e. The summed E-state index contributed by atoms with van der Waals surface area (Å²) >= 11 is 0. The smallest absolute Gasteiger partial charge is 0.209 e. The van der Waals surface area contributed by atoms with Crippen molar-refractivity contribution in [2.75, 3.05) is 12.8 Å². The lowest BCUT2D eigenvalue weighted by Crippen LogP contribution is -2.27. The van der Waals surface area contributed by atoms with Gasteiger partial charge in [0.05, 0.1) is 6.54 Å². The van der Waals surface area contributed by atoms with Crippen molar-refractivity contribution in [1.82, 2.24) is 9.88 Å². The first-order valence-corrected chi connectivity index (χ1v) is 5.95. The summed E-state index contributed by atoms with van der Waals surface area (Å²) in [6.45, 7) is 5.10. The molecular formula is C13H19N3O. The van der Waals surface area contributed by atoms with Gasteiger partial charge in [-0.25, -0.2) is 4.98 Å². The Kier molecular flexibility index (Phi) is 3.33. The van der Waals surface area contributed by atoms with Gasteiger partial charge in [-0.15, -0.1) is 0 Å². The minimum atomic E-state index is 0.523. The zero-order valence-electron chi connectivity index (χ0n) is 10.6. The Morgan fingerprint density at radius 3 is 2.94 bits per heavy atom. The summed E-state index contributed by atoms with van der Waals surface area (Å²) in [6, 6.07) is 6.06. The summed E-state index contributed by atoms with van der Waals surface area (Å²) in [5.74, 6) is 0.744. The Morgan fingerprint density at radius 1 is 1.47 bits per heavy atom. The minimum Gasteiger partial charge on any atom is -0.439 e. The lowest BCUT2D eigenvalue weighted by atomic mass is 10.2.